The molecule has 0 spiro atoms. The molecule has 0 fully saturated rings. The van der Waals surface area contributed by atoms with Gasteiger partial charge in [-0.2, -0.15) is 4.99 Å². The molecule has 25 heavy (non-hydrogen) atoms. The van der Waals surface area contributed by atoms with Crippen LogP contribution in [0.4, 0.5) is 0 Å². The van der Waals surface area contributed by atoms with Crippen molar-refractivity contribution in [3.8, 4) is 12.3 Å². The molecule has 0 saturated carbocycles. The molecule has 1 aromatic heterocycles. The molecule has 0 aliphatic rings. The van der Waals surface area contributed by atoms with Gasteiger partial charge in [-0.05, 0) is 30.3 Å². The molecule has 0 bridgehead atoms. The van der Waals surface area contributed by atoms with E-state index in [4.69, 9.17) is 52.8 Å². The highest BCUT2D eigenvalue weighted by molar-refractivity contribution is 7.16. The molecular formula is C17H8Cl4N2OS. The van der Waals surface area contributed by atoms with Gasteiger partial charge in [0.05, 0.1) is 32.4 Å². The molecule has 3 nitrogen and oxygen atoms in total. The van der Waals surface area contributed by atoms with E-state index in [2.05, 4.69) is 10.9 Å². The lowest BCUT2D eigenvalue weighted by Crippen LogP contribution is -2.16. The minimum absolute atomic E-state index is 0.210. The Kier molecular flexibility index (Phi) is 5.43. The zero-order valence-corrected chi connectivity index (χ0v) is 16.2. The number of nitrogens with zero attached hydrogens (tertiary/aromatic N) is 2. The number of benzene rings is 2. The molecule has 0 radical (unpaired) electrons. The number of hydrogen-bond acceptors (Lipinski definition) is 2. The first-order valence-electron chi connectivity index (χ1n) is 6.86. The Morgan fingerprint density at radius 2 is 1.84 bits per heavy atom. The van der Waals surface area contributed by atoms with Crippen LogP contribution in [0, 0.1) is 12.3 Å². The molecular weight excluding hydrogens is 422 g/mol. The van der Waals surface area contributed by atoms with E-state index in [1.807, 2.05) is 0 Å². The van der Waals surface area contributed by atoms with Crippen molar-refractivity contribution >= 4 is 73.9 Å². The number of carbonyl (C=O) groups excluding carboxylic acids is 1. The van der Waals surface area contributed by atoms with E-state index >= 15 is 0 Å². The Balaban J connectivity index is 2.22. The van der Waals surface area contributed by atoms with Crippen LogP contribution in [0.3, 0.4) is 0 Å². The van der Waals surface area contributed by atoms with E-state index < -0.39 is 5.91 Å². The van der Waals surface area contributed by atoms with Gasteiger partial charge >= 0.3 is 0 Å². The molecule has 3 rings (SSSR count). The van der Waals surface area contributed by atoms with E-state index in [9.17, 15) is 4.79 Å². The maximum atomic E-state index is 12.5. The smallest absolute Gasteiger partial charge is 0.281 e. The fourth-order valence-corrected chi connectivity index (χ4v) is 4.56. The van der Waals surface area contributed by atoms with Crippen molar-refractivity contribution in [2.24, 2.45) is 4.99 Å². The minimum atomic E-state index is -0.499. The Bertz CT molecular complexity index is 1110. The quantitative estimate of drug-likeness (QED) is 0.481. The normalized spacial score (nSPS) is 11.7. The van der Waals surface area contributed by atoms with Crippen molar-refractivity contribution < 1.29 is 4.79 Å². The molecule has 8 heteroatoms. The molecule has 0 aliphatic carbocycles. The Hall–Kier alpha value is -1.48. The predicted molar refractivity (Wildman–Crippen MR) is 105 cm³/mol. The first kappa shape index (κ1) is 18.3. The fraction of sp³-hybridized carbons (Fsp3) is 0.0588. The van der Waals surface area contributed by atoms with Gasteiger partial charge < -0.3 is 4.57 Å². The van der Waals surface area contributed by atoms with Crippen LogP contribution in [0.5, 0.6) is 0 Å². The van der Waals surface area contributed by atoms with E-state index in [-0.39, 0.29) is 17.1 Å². The van der Waals surface area contributed by atoms with Crippen LogP contribution in [-0.4, -0.2) is 10.5 Å². The minimum Gasteiger partial charge on any atom is -0.303 e. The number of rotatable bonds is 2. The monoisotopic (exact) mass is 428 g/mol. The Labute approximate surface area is 167 Å². The lowest BCUT2D eigenvalue weighted by molar-refractivity contribution is 0.0998. The van der Waals surface area contributed by atoms with Gasteiger partial charge in [-0.25, -0.2) is 0 Å². The third-order valence-corrected chi connectivity index (χ3v) is 5.38. The average Bonchev–Trinajstić information content (AvgIpc) is 2.85. The summed E-state index contributed by atoms with van der Waals surface area (Å²) in [6.45, 7) is 0.210. The van der Waals surface area contributed by atoms with Crippen LogP contribution in [0.25, 0.3) is 10.2 Å². The van der Waals surface area contributed by atoms with Crippen molar-refractivity contribution in [3.05, 3.63) is 60.8 Å². The first-order chi connectivity index (χ1) is 11.9. The zero-order valence-electron chi connectivity index (χ0n) is 12.4. The molecule has 3 aromatic rings. The molecule has 0 N–H and O–H groups in total. The van der Waals surface area contributed by atoms with Crippen LogP contribution in [0.2, 0.25) is 20.1 Å². The maximum absolute atomic E-state index is 12.5. The zero-order chi connectivity index (χ0) is 18.1. The summed E-state index contributed by atoms with van der Waals surface area (Å²) in [5.41, 5.74) is 0.933. The highest BCUT2D eigenvalue weighted by Crippen LogP contribution is 2.30. The summed E-state index contributed by atoms with van der Waals surface area (Å²) in [5.74, 6) is 2.04. The standard InChI is InChI=1S/C17H8Cl4N2OS/c1-2-5-23-15-13(21)7-10(19)8-14(15)25-17(23)22-16(24)11-4-3-9(18)6-12(11)20/h1,3-4,6-8H,5H2. The number of fused-ring (bicyclic) bond motifs is 1. The summed E-state index contributed by atoms with van der Waals surface area (Å²) in [6.07, 6.45) is 5.44. The van der Waals surface area contributed by atoms with E-state index in [0.29, 0.717) is 25.4 Å². The number of halogens is 4. The number of thiazole rings is 1. The topological polar surface area (TPSA) is 34.4 Å². The Morgan fingerprint density at radius 1 is 1.12 bits per heavy atom. The van der Waals surface area contributed by atoms with Gasteiger partial charge in [-0.15, -0.1) is 6.42 Å². The predicted octanol–water partition coefficient (Wildman–Crippen LogP) is 5.69. The number of terminal acetylenes is 1. The first-order valence-corrected chi connectivity index (χ1v) is 9.19. The summed E-state index contributed by atoms with van der Waals surface area (Å²) in [5, 5.41) is 1.59. The van der Waals surface area contributed by atoms with Gasteiger partial charge in [0.2, 0.25) is 0 Å². The molecule has 126 valence electrons. The van der Waals surface area contributed by atoms with Gasteiger partial charge in [0, 0.05) is 10.0 Å². The molecule has 0 unspecified atom stereocenters. The van der Waals surface area contributed by atoms with Crippen molar-refractivity contribution in [2.75, 3.05) is 0 Å². The average molecular weight is 430 g/mol. The Morgan fingerprint density at radius 3 is 2.52 bits per heavy atom. The third kappa shape index (κ3) is 3.72. The van der Waals surface area contributed by atoms with Gasteiger partial charge in [0.25, 0.3) is 5.91 Å². The summed E-state index contributed by atoms with van der Waals surface area (Å²) in [7, 11) is 0. The second kappa shape index (κ2) is 7.41. The molecule has 1 amide bonds. The van der Waals surface area contributed by atoms with E-state index in [0.717, 1.165) is 4.70 Å². The number of amides is 1. The van der Waals surface area contributed by atoms with Crippen LogP contribution in [-0.2, 0) is 6.54 Å². The lowest BCUT2D eigenvalue weighted by atomic mass is 10.2. The van der Waals surface area contributed by atoms with Gasteiger partial charge in [-0.3, -0.25) is 4.79 Å². The summed E-state index contributed by atoms with van der Waals surface area (Å²) in [4.78, 5) is 17.1. The summed E-state index contributed by atoms with van der Waals surface area (Å²) in [6, 6.07) is 7.96. The van der Waals surface area contributed by atoms with Crippen molar-refractivity contribution in [1.82, 2.24) is 4.57 Å². The molecule has 0 saturated heterocycles. The fourth-order valence-electron chi connectivity index (χ4n) is 2.26. The number of hydrogen-bond donors (Lipinski definition) is 0. The highest BCUT2D eigenvalue weighted by Gasteiger charge is 2.14. The molecule has 1 heterocycles. The second-order valence-corrected chi connectivity index (χ2v) is 7.65. The third-order valence-electron chi connectivity index (χ3n) is 3.30. The van der Waals surface area contributed by atoms with Gasteiger partial charge in [0.1, 0.15) is 0 Å². The van der Waals surface area contributed by atoms with Crippen molar-refractivity contribution in [3.63, 3.8) is 0 Å². The van der Waals surface area contributed by atoms with Crippen LogP contribution in [0.1, 0.15) is 10.4 Å². The summed E-state index contributed by atoms with van der Waals surface area (Å²) >= 11 is 25.5. The highest BCUT2D eigenvalue weighted by atomic mass is 35.5. The van der Waals surface area contributed by atoms with Crippen LogP contribution >= 0.6 is 57.7 Å². The van der Waals surface area contributed by atoms with E-state index in [1.54, 1.807) is 22.8 Å². The van der Waals surface area contributed by atoms with Crippen molar-refractivity contribution in [2.45, 2.75) is 6.54 Å². The number of carbonyl (C=O) groups is 1. The van der Waals surface area contributed by atoms with Crippen LogP contribution in [0.15, 0.2) is 35.3 Å². The molecule has 2 aromatic carbocycles. The molecule has 0 atom stereocenters. The van der Waals surface area contributed by atoms with Crippen molar-refractivity contribution in [1.29, 1.82) is 0 Å². The second-order valence-electron chi connectivity index (χ2n) is 4.95. The molecule has 0 aliphatic heterocycles. The van der Waals surface area contributed by atoms with Crippen LogP contribution < -0.4 is 4.80 Å². The van der Waals surface area contributed by atoms with Gasteiger partial charge in [-0.1, -0.05) is 63.7 Å². The van der Waals surface area contributed by atoms with Gasteiger partial charge in [0.15, 0.2) is 4.80 Å². The lowest BCUT2D eigenvalue weighted by Gasteiger charge is -2.03. The van der Waals surface area contributed by atoms with E-state index in [1.165, 1.54) is 23.5 Å². The maximum Gasteiger partial charge on any atom is 0.281 e. The SMILES string of the molecule is C#CCn1c(=NC(=O)c2ccc(Cl)cc2Cl)sc2cc(Cl)cc(Cl)c21. The number of aromatic nitrogens is 1. The summed E-state index contributed by atoms with van der Waals surface area (Å²) < 4.78 is 2.47. The largest absolute Gasteiger partial charge is 0.303 e.